The van der Waals surface area contributed by atoms with E-state index in [2.05, 4.69) is 0 Å². The zero-order valence-corrected chi connectivity index (χ0v) is 20.5. The van der Waals surface area contributed by atoms with E-state index in [-0.39, 0.29) is 24.9 Å². The van der Waals surface area contributed by atoms with Crippen LogP contribution in [0.15, 0.2) is 84.9 Å². The lowest BCUT2D eigenvalue weighted by atomic mass is 9.94. The van der Waals surface area contributed by atoms with Gasteiger partial charge in [0.25, 0.3) is 11.8 Å². The maximum atomic E-state index is 13.1. The monoisotopic (exact) mass is 499 g/mol. The maximum Gasteiger partial charge on any atom is 0.261 e. The Bertz CT molecular complexity index is 1530. The molecule has 7 nitrogen and oxygen atoms in total. The van der Waals surface area contributed by atoms with Gasteiger partial charge < -0.3 is 5.73 Å². The van der Waals surface area contributed by atoms with Crippen molar-refractivity contribution in [2.75, 3.05) is 29.4 Å². The minimum atomic E-state index is -3.58. The van der Waals surface area contributed by atoms with Gasteiger partial charge in [0.2, 0.25) is 10.0 Å². The largest absolute Gasteiger partial charge is 0.399 e. The van der Waals surface area contributed by atoms with Crippen molar-refractivity contribution in [3.63, 3.8) is 0 Å². The van der Waals surface area contributed by atoms with Gasteiger partial charge in [-0.25, -0.2) is 8.42 Å². The van der Waals surface area contributed by atoms with Crippen molar-refractivity contribution in [3.8, 4) is 11.1 Å². The Morgan fingerprint density at radius 2 is 1.31 bits per heavy atom. The van der Waals surface area contributed by atoms with E-state index in [0.717, 1.165) is 22.8 Å². The Kier molecular flexibility index (Phi) is 5.97. The first-order valence-electron chi connectivity index (χ1n) is 11.6. The smallest absolute Gasteiger partial charge is 0.261 e. The highest BCUT2D eigenvalue weighted by molar-refractivity contribution is 7.92. The molecule has 2 amide bonds. The van der Waals surface area contributed by atoms with Gasteiger partial charge in [0.1, 0.15) is 0 Å². The van der Waals surface area contributed by atoms with Gasteiger partial charge in [0, 0.05) is 35.3 Å². The van der Waals surface area contributed by atoms with E-state index < -0.39 is 10.0 Å². The fourth-order valence-corrected chi connectivity index (χ4v) is 5.60. The SMILES string of the molecule is CS(=O)(=O)N(CCCN1C(=O)c2cccc3cccc(c23)C1=O)c1ccc(-c2ccc(N)cc2)cc1. The second-order valence-electron chi connectivity index (χ2n) is 8.83. The number of nitrogens with zero attached hydrogens (tertiary/aromatic N) is 2. The maximum absolute atomic E-state index is 13.1. The summed E-state index contributed by atoms with van der Waals surface area (Å²) in [6, 6.07) is 25.4. The predicted octanol–water partition coefficient (Wildman–Crippen LogP) is 4.54. The Labute approximate surface area is 209 Å². The number of amides is 2. The predicted molar refractivity (Wildman–Crippen MR) is 142 cm³/mol. The molecule has 1 aliphatic rings. The van der Waals surface area contributed by atoms with Crippen LogP contribution in [0.2, 0.25) is 0 Å². The second kappa shape index (κ2) is 9.13. The van der Waals surface area contributed by atoms with Crippen molar-refractivity contribution >= 4 is 44.0 Å². The van der Waals surface area contributed by atoms with Crippen LogP contribution in [0.5, 0.6) is 0 Å². The van der Waals surface area contributed by atoms with Crippen LogP contribution in [0.25, 0.3) is 21.9 Å². The summed E-state index contributed by atoms with van der Waals surface area (Å²) < 4.78 is 26.5. The summed E-state index contributed by atoms with van der Waals surface area (Å²) in [4.78, 5) is 27.4. The highest BCUT2D eigenvalue weighted by Crippen LogP contribution is 2.30. The number of carbonyl (C=O) groups excluding carboxylic acids is 2. The molecule has 0 bridgehead atoms. The lowest BCUT2D eigenvalue weighted by Gasteiger charge is -2.28. The molecule has 0 fully saturated rings. The first-order chi connectivity index (χ1) is 17.2. The average molecular weight is 500 g/mol. The van der Waals surface area contributed by atoms with Gasteiger partial charge in [-0.1, -0.05) is 48.5 Å². The molecule has 1 heterocycles. The molecule has 0 atom stereocenters. The van der Waals surface area contributed by atoms with E-state index in [1.54, 1.807) is 36.4 Å². The van der Waals surface area contributed by atoms with E-state index in [1.807, 2.05) is 48.5 Å². The first-order valence-corrected chi connectivity index (χ1v) is 13.4. The minimum Gasteiger partial charge on any atom is -0.399 e. The molecule has 4 aromatic carbocycles. The quantitative estimate of drug-likeness (QED) is 0.297. The van der Waals surface area contributed by atoms with Crippen LogP contribution >= 0.6 is 0 Å². The summed E-state index contributed by atoms with van der Waals surface area (Å²) in [6.07, 6.45) is 1.44. The van der Waals surface area contributed by atoms with Crippen molar-refractivity contribution in [1.29, 1.82) is 0 Å². The number of sulfonamides is 1. The molecule has 8 heteroatoms. The zero-order valence-electron chi connectivity index (χ0n) is 19.7. The zero-order chi connectivity index (χ0) is 25.4. The van der Waals surface area contributed by atoms with Crippen LogP contribution in [0.1, 0.15) is 27.1 Å². The number of benzene rings is 4. The standard InChI is InChI=1S/C28H25N3O4S/c1-36(34,35)31(23-15-11-20(12-16-23)19-9-13-22(29)14-10-19)18-4-17-30-27(32)24-7-2-5-21-6-3-8-25(26(21)24)28(30)33/h2-3,5-16H,4,17-18,29H2,1H3. The molecule has 0 aliphatic carbocycles. The Morgan fingerprint density at radius 1 is 0.778 bits per heavy atom. The molecule has 5 rings (SSSR count). The molecule has 0 radical (unpaired) electrons. The number of carbonyl (C=O) groups is 2. The van der Waals surface area contributed by atoms with Gasteiger partial charge >= 0.3 is 0 Å². The van der Waals surface area contributed by atoms with Crippen molar-refractivity contribution in [2.45, 2.75) is 6.42 Å². The van der Waals surface area contributed by atoms with E-state index in [9.17, 15) is 18.0 Å². The molecule has 36 heavy (non-hydrogen) atoms. The first kappa shape index (κ1) is 23.6. The number of nitrogens with two attached hydrogens (primary N) is 1. The van der Waals surface area contributed by atoms with Crippen molar-refractivity contribution in [2.24, 2.45) is 0 Å². The molecule has 2 N–H and O–H groups in total. The second-order valence-corrected chi connectivity index (χ2v) is 10.7. The lowest BCUT2D eigenvalue weighted by Crippen LogP contribution is -2.42. The Balaban J connectivity index is 1.33. The highest BCUT2D eigenvalue weighted by atomic mass is 32.2. The van der Waals surface area contributed by atoms with Gasteiger partial charge in [0.15, 0.2) is 0 Å². The van der Waals surface area contributed by atoms with E-state index in [1.165, 1.54) is 9.21 Å². The van der Waals surface area contributed by atoms with Gasteiger partial charge in [-0.15, -0.1) is 0 Å². The molecule has 0 saturated carbocycles. The number of anilines is 2. The van der Waals surface area contributed by atoms with E-state index in [0.29, 0.717) is 34.3 Å². The normalized spacial score (nSPS) is 13.3. The van der Waals surface area contributed by atoms with Crippen LogP contribution in [-0.4, -0.2) is 44.5 Å². The molecule has 4 aromatic rings. The third-order valence-electron chi connectivity index (χ3n) is 6.40. The van der Waals surface area contributed by atoms with Gasteiger partial charge in [0.05, 0.1) is 11.9 Å². The molecule has 0 spiro atoms. The van der Waals surface area contributed by atoms with Gasteiger partial charge in [-0.3, -0.25) is 18.8 Å². The fraction of sp³-hybridized carbons (Fsp3) is 0.143. The van der Waals surface area contributed by atoms with Crippen molar-refractivity contribution in [3.05, 3.63) is 96.1 Å². The summed E-state index contributed by atoms with van der Waals surface area (Å²) in [5.41, 5.74) is 9.83. The summed E-state index contributed by atoms with van der Waals surface area (Å²) in [7, 11) is -3.58. The molecular weight excluding hydrogens is 474 g/mol. The molecule has 1 aliphatic heterocycles. The number of hydrogen-bond donors (Lipinski definition) is 1. The summed E-state index contributed by atoms with van der Waals surface area (Å²) in [5, 5.41) is 1.52. The molecule has 0 unspecified atom stereocenters. The van der Waals surface area contributed by atoms with Crippen LogP contribution in [0, 0.1) is 0 Å². The lowest BCUT2D eigenvalue weighted by molar-refractivity contribution is 0.0610. The van der Waals surface area contributed by atoms with Crippen molar-refractivity contribution in [1.82, 2.24) is 4.90 Å². The van der Waals surface area contributed by atoms with E-state index in [4.69, 9.17) is 5.73 Å². The third kappa shape index (κ3) is 4.31. The average Bonchev–Trinajstić information content (AvgIpc) is 2.86. The summed E-state index contributed by atoms with van der Waals surface area (Å²) >= 11 is 0. The summed E-state index contributed by atoms with van der Waals surface area (Å²) in [6.45, 7) is 0.237. The number of hydrogen-bond acceptors (Lipinski definition) is 5. The van der Waals surface area contributed by atoms with Crippen LogP contribution in [-0.2, 0) is 10.0 Å². The highest BCUT2D eigenvalue weighted by Gasteiger charge is 2.32. The molecule has 0 saturated heterocycles. The minimum absolute atomic E-state index is 0.109. The summed E-state index contributed by atoms with van der Waals surface area (Å²) in [5.74, 6) is -0.717. The Morgan fingerprint density at radius 3 is 1.83 bits per heavy atom. The van der Waals surface area contributed by atoms with Crippen LogP contribution < -0.4 is 10.0 Å². The Hall–Kier alpha value is -4.17. The number of rotatable bonds is 7. The van der Waals surface area contributed by atoms with Gasteiger partial charge in [-0.05, 0) is 59.3 Å². The molecular formula is C28H25N3O4S. The fourth-order valence-electron chi connectivity index (χ4n) is 4.64. The third-order valence-corrected chi connectivity index (χ3v) is 7.59. The van der Waals surface area contributed by atoms with Gasteiger partial charge in [-0.2, -0.15) is 0 Å². The van der Waals surface area contributed by atoms with Crippen LogP contribution in [0.3, 0.4) is 0 Å². The van der Waals surface area contributed by atoms with E-state index >= 15 is 0 Å². The molecule has 0 aromatic heterocycles. The topological polar surface area (TPSA) is 101 Å². The number of imide groups is 1. The van der Waals surface area contributed by atoms with Crippen molar-refractivity contribution < 1.29 is 18.0 Å². The number of nitrogen functional groups attached to an aromatic ring is 1. The molecule has 182 valence electrons. The van der Waals surface area contributed by atoms with Crippen LogP contribution in [0.4, 0.5) is 11.4 Å².